The number of allylic oxidation sites excluding steroid dienone is 1. The molecule has 2 unspecified atom stereocenters. The second-order valence-electron chi connectivity index (χ2n) is 10.5. The molecule has 0 saturated heterocycles. The predicted octanol–water partition coefficient (Wildman–Crippen LogP) is 8.32. The van der Waals surface area contributed by atoms with Crippen LogP contribution in [0, 0.1) is 5.92 Å². The van der Waals surface area contributed by atoms with E-state index in [-0.39, 0.29) is 23.2 Å². The zero-order chi connectivity index (χ0) is 27.7. The lowest BCUT2D eigenvalue weighted by atomic mass is 9.70. The van der Waals surface area contributed by atoms with Crippen molar-refractivity contribution in [2.24, 2.45) is 10.9 Å². The fourth-order valence-corrected chi connectivity index (χ4v) is 5.97. The van der Waals surface area contributed by atoms with E-state index in [9.17, 15) is 14.7 Å². The van der Waals surface area contributed by atoms with E-state index in [0.717, 1.165) is 56.1 Å². The summed E-state index contributed by atoms with van der Waals surface area (Å²) in [5.74, 6) is -0.843. The average molecular weight is 522 g/mol. The van der Waals surface area contributed by atoms with Gasteiger partial charge in [-0.3, -0.25) is 9.79 Å². The van der Waals surface area contributed by atoms with Crippen LogP contribution in [-0.4, -0.2) is 28.6 Å². The molecule has 2 atom stereocenters. The summed E-state index contributed by atoms with van der Waals surface area (Å²) in [6, 6.07) is 25.6. The third-order valence-electron chi connectivity index (χ3n) is 7.88. The molecular weight excluding hydrogens is 482 g/mol. The van der Waals surface area contributed by atoms with Crippen LogP contribution in [-0.2, 0) is 11.2 Å². The summed E-state index contributed by atoms with van der Waals surface area (Å²) in [6.45, 7) is 4.28. The fraction of sp³-hybridized carbons (Fsp3) is 0.343. The minimum absolute atomic E-state index is 0.0155. The van der Waals surface area contributed by atoms with E-state index >= 15 is 0 Å². The number of aliphatic imine (C=N–C) groups is 1. The molecule has 0 radical (unpaired) electrons. The lowest BCUT2D eigenvalue weighted by Gasteiger charge is -2.36. The average Bonchev–Trinajstić information content (AvgIpc) is 3.46. The van der Waals surface area contributed by atoms with Crippen molar-refractivity contribution in [2.45, 2.75) is 70.3 Å². The van der Waals surface area contributed by atoms with E-state index in [1.54, 1.807) is 18.3 Å². The molecule has 202 valence electrons. The van der Waals surface area contributed by atoms with Crippen molar-refractivity contribution in [1.29, 1.82) is 0 Å². The van der Waals surface area contributed by atoms with Crippen molar-refractivity contribution >= 4 is 18.0 Å². The minimum atomic E-state index is -0.943. The van der Waals surface area contributed by atoms with Crippen molar-refractivity contribution in [3.05, 3.63) is 108 Å². The maximum Gasteiger partial charge on any atom is 0.336 e. The number of aryl methyl sites for hydroxylation is 1. The van der Waals surface area contributed by atoms with Crippen molar-refractivity contribution in [2.75, 3.05) is 0 Å². The monoisotopic (exact) mass is 521 g/mol. The normalized spacial score (nSPS) is 17.0. The molecule has 1 aliphatic heterocycles. The Hall–Kier alpha value is -3.79. The lowest BCUT2D eigenvalue weighted by molar-refractivity contribution is -0.127. The first-order chi connectivity index (χ1) is 19.0. The summed E-state index contributed by atoms with van der Waals surface area (Å²) >= 11 is 0. The Labute approximate surface area is 232 Å². The minimum Gasteiger partial charge on any atom is -0.478 e. The van der Waals surface area contributed by atoms with Crippen molar-refractivity contribution in [1.82, 2.24) is 0 Å². The van der Waals surface area contributed by atoms with E-state index in [1.165, 1.54) is 5.56 Å². The van der Waals surface area contributed by atoms with Crippen LogP contribution in [0.5, 0.6) is 0 Å². The molecule has 0 amide bonds. The first kappa shape index (κ1) is 28.2. The van der Waals surface area contributed by atoms with Crippen molar-refractivity contribution < 1.29 is 14.7 Å². The highest BCUT2D eigenvalue weighted by atomic mass is 16.4. The lowest BCUT2D eigenvalue weighted by Crippen LogP contribution is -2.44. The Morgan fingerprint density at radius 1 is 0.846 bits per heavy atom. The predicted molar refractivity (Wildman–Crippen MR) is 160 cm³/mol. The highest BCUT2D eigenvalue weighted by Gasteiger charge is 2.46. The molecule has 4 rings (SSSR count). The molecule has 1 N–H and O–H groups in total. The van der Waals surface area contributed by atoms with E-state index in [4.69, 9.17) is 4.99 Å². The number of rotatable bonds is 14. The van der Waals surface area contributed by atoms with Gasteiger partial charge in [-0.2, -0.15) is 0 Å². The first-order valence-corrected chi connectivity index (χ1v) is 14.2. The molecule has 0 spiro atoms. The number of hydrogen-bond donors (Lipinski definition) is 1. The summed E-state index contributed by atoms with van der Waals surface area (Å²) in [5, 5.41) is 9.68. The summed E-state index contributed by atoms with van der Waals surface area (Å²) in [7, 11) is 0. The number of carbonyl (C=O) groups excluding carboxylic acids is 1. The Kier molecular flexibility index (Phi) is 9.64. The Morgan fingerprint density at radius 3 is 2.13 bits per heavy atom. The summed E-state index contributed by atoms with van der Waals surface area (Å²) in [6.07, 6.45) is 12.1. The van der Waals surface area contributed by atoms with Crippen LogP contribution < -0.4 is 0 Å². The smallest absolute Gasteiger partial charge is 0.336 e. The van der Waals surface area contributed by atoms with E-state index in [2.05, 4.69) is 50.2 Å². The van der Waals surface area contributed by atoms with Crippen LogP contribution >= 0.6 is 0 Å². The summed E-state index contributed by atoms with van der Waals surface area (Å²) in [4.78, 5) is 31.0. The van der Waals surface area contributed by atoms with Crippen LogP contribution in [0.3, 0.4) is 0 Å². The second kappa shape index (κ2) is 13.3. The number of ketones is 1. The van der Waals surface area contributed by atoms with E-state index in [0.29, 0.717) is 5.56 Å². The van der Waals surface area contributed by atoms with Gasteiger partial charge in [0.15, 0.2) is 5.78 Å². The van der Waals surface area contributed by atoms with Gasteiger partial charge in [0.05, 0.1) is 5.56 Å². The third-order valence-corrected chi connectivity index (χ3v) is 7.88. The van der Waals surface area contributed by atoms with Crippen molar-refractivity contribution in [3.8, 4) is 11.1 Å². The van der Waals surface area contributed by atoms with Gasteiger partial charge in [-0.25, -0.2) is 4.79 Å². The van der Waals surface area contributed by atoms with Gasteiger partial charge in [0, 0.05) is 18.1 Å². The quantitative estimate of drug-likeness (QED) is 0.232. The Balaban J connectivity index is 1.71. The number of carbonyl (C=O) groups is 2. The molecular formula is C35H39NO3. The maximum absolute atomic E-state index is 14.3. The highest BCUT2D eigenvalue weighted by Crippen LogP contribution is 2.43. The first-order valence-electron chi connectivity index (χ1n) is 14.2. The van der Waals surface area contributed by atoms with Gasteiger partial charge < -0.3 is 5.11 Å². The van der Waals surface area contributed by atoms with Gasteiger partial charge in [0.2, 0.25) is 0 Å². The van der Waals surface area contributed by atoms with Crippen LogP contribution in [0.4, 0.5) is 0 Å². The van der Waals surface area contributed by atoms with Gasteiger partial charge in [-0.15, -0.1) is 0 Å². The Morgan fingerprint density at radius 2 is 1.51 bits per heavy atom. The molecule has 1 heterocycles. The van der Waals surface area contributed by atoms with Gasteiger partial charge in [-0.05, 0) is 72.6 Å². The van der Waals surface area contributed by atoms with E-state index in [1.807, 2.05) is 42.5 Å². The largest absolute Gasteiger partial charge is 0.478 e. The Bertz CT molecular complexity index is 1290. The van der Waals surface area contributed by atoms with E-state index < -0.39 is 11.5 Å². The standard InChI is InChI=1S/C35H39NO3/c1-3-12-29(13-4-2)33(37)35(24-11-25-36-35)32(19-10-16-26-14-6-5-7-15-26)28-22-20-27(21-23-28)30-17-8-9-18-31(30)34(38)39/h5-9,11,14-15,17-18,20-25,29,32H,3-4,10,12-13,16,19H2,1-2H3,(H,38,39). The topological polar surface area (TPSA) is 66.7 Å². The van der Waals surface area contributed by atoms with Gasteiger partial charge in [-0.1, -0.05) is 99.5 Å². The molecule has 1 aliphatic rings. The molecule has 0 aromatic heterocycles. The number of carboxylic acids is 1. The number of nitrogens with zero attached hydrogens (tertiary/aromatic N) is 1. The third kappa shape index (κ3) is 6.44. The second-order valence-corrected chi connectivity index (χ2v) is 10.5. The number of aromatic carboxylic acids is 1. The number of carboxylic acid groups (broad SMARTS) is 1. The fourth-order valence-electron chi connectivity index (χ4n) is 5.97. The molecule has 4 heteroatoms. The van der Waals surface area contributed by atoms with Gasteiger partial charge >= 0.3 is 5.97 Å². The van der Waals surface area contributed by atoms with Crippen LogP contribution in [0.25, 0.3) is 11.1 Å². The van der Waals surface area contributed by atoms with Crippen LogP contribution in [0.15, 0.2) is 96.0 Å². The summed E-state index contributed by atoms with van der Waals surface area (Å²) < 4.78 is 0. The number of benzene rings is 3. The maximum atomic E-state index is 14.3. The highest BCUT2D eigenvalue weighted by molar-refractivity contribution is 5.99. The number of Topliss-reactive ketones (excluding diaryl/α,β-unsaturated/α-hetero) is 1. The van der Waals surface area contributed by atoms with Crippen LogP contribution in [0.2, 0.25) is 0 Å². The zero-order valence-electron chi connectivity index (χ0n) is 23.1. The molecule has 4 nitrogen and oxygen atoms in total. The molecule has 3 aromatic rings. The molecule has 0 saturated carbocycles. The summed E-state index contributed by atoms with van der Waals surface area (Å²) in [5.41, 5.74) is 3.25. The molecule has 3 aromatic carbocycles. The SMILES string of the molecule is CCCC(CCC)C(=O)C1(C(CCCc2ccccc2)c2ccc(-c3ccccc3C(=O)O)cc2)C=CC=N1. The molecule has 39 heavy (non-hydrogen) atoms. The molecule has 0 fully saturated rings. The van der Waals surface area contributed by atoms with Crippen LogP contribution in [0.1, 0.15) is 79.8 Å². The van der Waals surface area contributed by atoms with Gasteiger partial charge in [0.1, 0.15) is 5.54 Å². The zero-order valence-corrected chi connectivity index (χ0v) is 23.1. The van der Waals surface area contributed by atoms with Crippen molar-refractivity contribution in [3.63, 3.8) is 0 Å². The number of hydrogen-bond acceptors (Lipinski definition) is 3. The molecule has 0 bridgehead atoms. The molecule has 0 aliphatic carbocycles. The van der Waals surface area contributed by atoms with Gasteiger partial charge in [0.25, 0.3) is 0 Å².